The van der Waals surface area contributed by atoms with Crippen molar-refractivity contribution >= 4 is 29.2 Å². The molecule has 146 valence electrons. The molecule has 7 nitrogen and oxygen atoms in total. The molecule has 0 unspecified atom stereocenters. The molecule has 27 heavy (non-hydrogen) atoms. The summed E-state index contributed by atoms with van der Waals surface area (Å²) in [5, 5.41) is 2.84. The zero-order chi connectivity index (χ0) is 20.2. The zero-order valence-corrected chi connectivity index (χ0v) is 15.2. The molecule has 0 saturated heterocycles. The molecule has 0 saturated carbocycles. The van der Waals surface area contributed by atoms with Crippen molar-refractivity contribution in [2.24, 2.45) is 0 Å². The maximum Gasteiger partial charge on any atom is 0.434 e. The monoisotopic (exact) mass is 405 g/mol. The lowest BCUT2D eigenvalue weighted by atomic mass is 10.2. The normalized spacial score (nSPS) is 11.1. The van der Waals surface area contributed by atoms with Crippen molar-refractivity contribution in [3.05, 3.63) is 34.6 Å². The van der Waals surface area contributed by atoms with Gasteiger partial charge in [-0.3, -0.25) is 0 Å². The van der Waals surface area contributed by atoms with Gasteiger partial charge < -0.3 is 19.5 Å². The molecule has 0 aliphatic heterocycles. The minimum absolute atomic E-state index is 0.0854. The predicted octanol–water partition coefficient (Wildman–Crippen LogP) is 4.09. The number of carbonyl (C=O) groups excluding carboxylic acids is 1. The first-order valence-electron chi connectivity index (χ1n) is 7.51. The average molecular weight is 406 g/mol. The summed E-state index contributed by atoms with van der Waals surface area (Å²) in [6.07, 6.45) is -4.14. The van der Waals surface area contributed by atoms with E-state index in [1.165, 1.54) is 33.3 Å². The Bertz CT molecular complexity index is 846. The minimum atomic E-state index is -4.89. The number of benzene rings is 1. The summed E-state index contributed by atoms with van der Waals surface area (Å²) in [5.74, 6) is -1.08. The molecule has 0 aliphatic rings. The van der Waals surface area contributed by atoms with E-state index < -0.39 is 29.4 Å². The summed E-state index contributed by atoms with van der Waals surface area (Å²) in [6, 6.07) is 2.83. The van der Waals surface area contributed by atoms with Crippen molar-refractivity contribution in [3.8, 4) is 11.5 Å². The Morgan fingerprint density at radius 2 is 1.89 bits per heavy atom. The molecule has 1 N–H and O–H groups in total. The van der Waals surface area contributed by atoms with Crippen LogP contribution in [0.1, 0.15) is 23.0 Å². The first-order valence-corrected chi connectivity index (χ1v) is 7.89. The van der Waals surface area contributed by atoms with Gasteiger partial charge in [-0.05, 0) is 6.92 Å². The largest absolute Gasteiger partial charge is 0.495 e. The summed E-state index contributed by atoms with van der Waals surface area (Å²) >= 11 is 5.99. The first kappa shape index (κ1) is 20.6. The van der Waals surface area contributed by atoms with Gasteiger partial charge in [-0.1, -0.05) is 11.6 Å². The van der Waals surface area contributed by atoms with Crippen LogP contribution in [0.2, 0.25) is 5.02 Å². The van der Waals surface area contributed by atoms with Gasteiger partial charge in [0.05, 0.1) is 31.5 Å². The van der Waals surface area contributed by atoms with Gasteiger partial charge in [0.25, 0.3) is 0 Å². The number of hydrogen-bond acceptors (Lipinski definition) is 7. The second kappa shape index (κ2) is 8.30. The summed E-state index contributed by atoms with van der Waals surface area (Å²) in [6.45, 7) is 1.39. The van der Waals surface area contributed by atoms with Gasteiger partial charge in [-0.15, -0.1) is 0 Å². The van der Waals surface area contributed by atoms with E-state index in [2.05, 4.69) is 20.0 Å². The molecule has 2 rings (SSSR count). The fraction of sp³-hybridized carbons (Fsp3) is 0.312. The smallest absolute Gasteiger partial charge is 0.434 e. The van der Waals surface area contributed by atoms with Crippen LogP contribution in [0.5, 0.6) is 11.5 Å². The van der Waals surface area contributed by atoms with Crippen LogP contribution in [-0.4, -0.2) is 36.8 Å². The van der Waals surface area contributed by atoms with Crippen LogP contribution in [0.25, 0.3) is 0 Å². The lowest BCUT2D eigenvalue weighted by Crippen LogP contribution is -2.19. The van der Waals surface area contributed by atoms with Crippen LogP contribution in [0.4, 0.5) is 24.8 Å². The van der Waals surface area contributed by atoms with E-state index in [1.807, 2.05) is 0 Å². The van der Waals surface area contributed by atoms with E-state index >= 15 is 0 Å². The summed E-state index contributed by atoms with van der Waals surface area (Å²) in [4.78, 5) is 18.9. The number of nitrogens with one attached hydrogen (secondary N) is 1. The van der Waals surface area contributed by atoms with Crippen molar-refractivity contribution in [1.29, 1.82) is 0 Å². The van der Waals surface area contributed by atoms with Crippen molar-refractivity contribution in [2.75, 3.05) is 26.1 Å². The molecule has 0 amide bonds. The number of alkyl halides is 3. The Labute approximate surface area is 157 Å². The van der Waals surface area contributed by atoms with Crippen LogP contribution in [0.15, 0.2) is 18.3 Å². The quantitative estimate of drug-likeness (QED) is 0.725. The fourth-order valence-electron chi connectivity index (χ4n) is 2.09. The van der Waals surface area contributed by atoms with Gasteiger partial charge >= 0.3 is 12.1 Å². The fourth-order valence-corrected chi connectivity index (χ4v) is 2.33. The zero-order valence-electron chi connectivity index (χ0n) is 14.5. The molecule has 0 radical (unpaired) electrons. The van der Waals surface area contributed by atoms with Gasteiger partial charge in [0, 0.05) is 18.3 Å². The molecule has 1 heterocycles. The second-order valence-corrected chi connectivity index (χ2v) is 5.39. The van der Waals surface area contributed by atoms with Gasteiger partial charge in [0.15, 0.2) is 5.69 Å². The Morgan fingerprint density at radius 3 is 2.44 bits per heavy atom. The van der Waals surface area contributed by atoms with Crippen molar-refractivity contribution in [3.63, 3.8) is 0 Å². The lowest BCUT2D eigenvalue weighted by Gasteiger charge is -2.15. The number of esters is 1. The molecular formula is C16H15ClF3N3O4. The molecule has 11 heteroatoms. The Hall–Kier alpha value is -2.75. The highest BCUT2D eigenvalue weighted by Crippen LogP contribution is 2.37. The molecule has 1 aromatic carbocycles. The van der Waals surface area contributed by atoms with E-state index in [1.54, 1.807) is 0 Å². The predicted molar refractivity (Wildman–Crippen MR) is 90.8 cm³/mol. The number of halogens is 4. The maximum absolute atomic E-state index is 13.3. The van der Waals surface area contributed by atoms with Crippen LogP contribution >= 0.6 is 11.6 Å². The summed E-state index contributed by atoms with van der Waals surface area (Å²) in [5.41, 5.74) is -1.98. The molecule has 0 atom stereocenters. The van der Waals surface area contributed by atoms with Gasteiger partial charge in [0.2, 0.25) is 5.95 Å². The van der Waals surface area contributed by atoms with Crippen LogP contribution in [0, 0.1) is 0 Å². The molecule has 0 spiro atoms. The van der Waals surface area contributed by atoms with Gasteiger partial charge in [-0.2, -0.15) is 13.2 Å². The van der Waals surface area contributed by atoms with E-state index in [4.69, 9.17) is 21.1 Å². The highest BCUT2D eigenvalue weighted by Gasteiger charge is 2.38. The number of carbonyl (C=O) groups is 1. The van der Waals surface area contributed by atoms with Crippen LogP contribution in [-0.2, 0) is 10.9 Å². The second-order valence-electron chi connectivity index (χ2n) is 4.99. The minimum Gasteiger partial charge on any atom is -0.495 e. The van der Waals surface area contributed by atoms with Gasteiger partial charge in [-0.25, -0.2) is 14.8 Å². The summed E-state index contributed by atoms with van der Waals surface area (Å²) in [7, 11) is 2.74. The van der Waals surface area contributed by atoms with E-state index in [0.717, 1.165) is 6.20 Å². The van der Waals surface area contributed by atoms with Crippen molar-refractivity contribution in [2.45, 2.75) is 13.1 Å². The maximum atomic E-state index is 13.3. The van der Waals surface area contributed by atoms with E-state index in [0.29, 0.717) is 0 Å². The topological polar surface area (TPSA) is 82.6 Å². The standard InChI is InChI=1S/C16H15ClF3N3O4/c1-4-27-14(24)8-7-21-15(23-13(8)16(18,19)20)22-10-6-11(25-2)9(17)5-12(10)26-3/h5-7H,4H2,1-3H3,(H,21,22,23). The number of rotatable bonds is 6. The van der Waals surface area contributed by atoms with E-state index in [-0.39, 0.29) is 28.8 Å². The van der Waals surface area contributed by atoms with Crippen molar-refractivity contribution < 1.29 is 32.2 Å². The van der Waals surface area contributed by atoms with Gasteiger partial charge in [0.1, 0.15) is 17.1 Å². The molecule has 0 aliphatic carbocycles. The van der Waals surface area contributed by atoms with Crippen molar-refractivity contribution in [1.82, 2.24) is 9.97 Å². The molecule has 0 fully saturated rings. The molecule has 0 bridgehead atoms. The third kappa shape index (κ3) is 4.70. The molecular weight excluding hydrogens is 391 g/mol. The third-order valence-electron chi connectivity index (χ3n) is 3.27. The summed E-state index contributed by atoms with van der Waals surface area (Å²) < 4.78 is 54.7. The highest BCUT2D eigenvalue weighted by atomic mass is 35.5. The third-order valence-corrected chi connectivity index (χ3v) is 3.57. The Kier molecular flexibility index (Phi) is 6.32. The number of methoxy groups -OCH3 is 2. The Morgan fingerprint density at radius 1 is 1.22 bits per heavy atom. The number of aromatic nitrogens is 2. The SMILES string of the molecule is CCOC(=O)c1cnc(Nc2cc(OC)c(Cl)cc2OC)nc1C(F)(F)F. The van der Waals surface area contributed by atoms with Crippen LogP contribution < -0.4 is 14.8 Å². The number of hydrogen-bond donors (Lipinski definition) is 1. The number of ether oxygens (including phenoxy) is 3. The van der Waals surface area contributed by atoms with Crippen LogP contribution in [0.3, 0.4) is 0 Å². The number of anilines is 2. The van der Waals surface area contributed by atoms with E-state index in [9.17, 15) is 18.0 Å². The molecule has 2 aromatic rings. The Balaban J connectivity index is 2.47. The average Bonchev–Trinajstić information content (AvgIpc) is 2.62. The molecule has 1 aromatic heterocycles. The number of nitrogens with zero attached hydrogens (tertiary/aromatic N) is 2. The highest BCUT2D eigenvalue weighted by molar-refractivity contribution is 6.32. The first-order chi connectivity index (χ1) is 12.7. The lowest BCUT2D eigenvalue weighted by molar-refractivity contribution is -0.141.